The minimum Gasteiger partial charge on any atom is -0.464 e. The maximum Gasteiger partial charge on any atom is 0.416 e. The standard InChI is InChI=1S/C24H18F3N3O4/c1-30-19-9-8-18(11-15(19)12-20(30)23(32)33-2)34-21-10-7-17(13-28-21)29-22(31)14-3-5-16(6-4-14)24(25,26)27/h3-13H,1-2H3,(H,29,31). The summed E-state index contributed by atoms with van der Waals surface area (Å²) in [5.41, 5.74) is 0.819. The molecule has 34 heavy (non-hydrogen) atoms. The molecular formula is C24H18F3N3O4. The molecule has 0 bridgehead atoms. The summed E-state index contributed by atoms with van der Waals surface area (Å²) in [6.45, 7) is 0. The Hall–Kier alpha value is -4.34. The van der Waals surface area contributed by atoms with E-state index in [2.05, 4.69) is 10.3 Å². The van der Waals surface area contributed by atoms with Crippen LogP contribution in [0, 0.1) is 0 Å². The quantitative estimate of drug-likeness (QED) is 0.395. The lowest BCUT2D eigenvalue weighted by Crippen LogP contribution is -2.13. The second-order valence-electron chi connectivity index (χ2n) is 7.32. The van der Waals surface area contributed by atoms with Crippen LogP contribution in [0.5, 0.6) is 11.6 Å². The predicted octanol–water partition coefficient (Wildman–Crippen LogP) is 5.42. The minimum atomic E-state index is -4.47. The number of carbonyl (C=O) groups excluding carboxylic acids is 2. The Bertz CT molecular complexity index is 1360. The van der Waals surface area contributed by atoms with Crippen LogP contribution in [0.15, 0.2) is 66.9 Å². The largest absolute Gasteiger partial charge is 0.464 e. The molecule has 0 aliphatic heterocycles. The topological polar surface area (TPSA) is 82.4 Å². The van der Waals surface area contributed by atoms with Crippen molar-refractivity contribution in [3.05, 3.63) is 83.7 Å². The first-order valence-electron chi connectivity index (χ1n) is 9.96. The maximum absolute atomic E-state index is 12.7. The Morgan fingerprint density at radius 3 is 2.35 bits per heavy atom. The third-order valence-electron chi connectivity index (χ3n) is 5.10. The van der Waals surface area contributed by atoms with Crippen LogP contribution in [-0.4, -0.2) is 28.5 Å². The van der Waals surface area contributed by atoms with Gasteiger partial charge in [-0.1, -0.05) is 0 Å². The van der Waals surface area contributed by atoms with Crippen molar-refractivity contribution in [3.8, 4) is 11.6 Å². The third kappa shape index (κ3) is 4.70. The van der Waals surface area contributed by atoms with Gasteiger partial charge >= 0.3 is 12.1 Å². The summed E-state index contributed by atoms with van der Waals surface area (Å²) in [4.78, 5) is 28.3. The number of esters is 1. The van der Waals surface area contributed by atoms with E-state index in [4.69, 9.17) is 9.47 Å². The van der Waals surface area contributed by atoms with Crippen LogP contribution >= 0.6 is 0 Å². The molecule has 0 unspecified atom stereocenters. The van der Waals surface area contributed by atoms with Crippen LogP contribution in [-0.2, 0) is 18.0 Å². The van der Waals surface area contributed by atoms with E-state index in [0.717, 1.165) is 35.2 Å². The highest BCUT2D eigenvalue weighted by Crippen LogP contribution is 2.30. The summed E-state index contributed by atoms with van der Waals surface area (Å²) in [5.74, 6) is -0.267. The molecule has 0 saturated carbocycles. The summed E-state index contributed by atoms with van der Waals surface area (Å²) < 4.78 is 50.2. The number of ether oxygens (including phenoxy) is 2. The second-order valence-corrected chi connectivity index (χ2v) is 7.32. The van der Waals surface area contributed by atoms with Gasteiger partial charge in [0.15, 0.2) is 0 Å². The van der Waals surface area contributed by atoms with Gasteiger partial charge in [-0.25, -0.2) is 9.78 Å². The predicted molar refractivity (Wildman–Crippen MR) is 118 cm³/mol. The van der Waals surface area contributed by atoms with E-state index in [1.54, 1.807) is 41.9 Å². The number of benzene rings is 2. The van der Waals surface area contributed by atoms with Crippen molar-refractivity contribution in [2.24, 2.45) is 7.05 Å². The first-order valence-corrected chi connectivity index (χ1v) is 9.96. The van der Waals surface area contributed by atoms with Gasteiger partial charge in [-0.15, -0.1) is 0 Å². The molecule has 2 aromatic carbocycles. The molecular weight excluding hydrogens is 451 g/mol. The van der Waals surface area contributed by atoms with Gasteiger partial charge in [-0.2, -0.15) is 13.2 Å². The third-order valence-corrected chi connectivity index (χ3v) is 5.10. The maximum atomic E-state index is 12.7. The van der Waals surface area contributed by atoms with Crippen molar-refractivity contribution in [1.82, 2.24) is 9.55 Å². The van der Waals surface area contributed by atoms with Crippen LogP contribution in [0.2, 0.25) is 0 Å². The fraction of sp³-hybridized carbons (Fsp3) is 0.125. The van der Waals surface area contributed by atoms with E-state index in [9.17, 15) is 22.8 Å². The Balaban J connectivity index is 1.44. The molecule has 0 spiro atoms. The number of nitrogens with zero attached hydrogens (tertiary/aromatic N) is 2. The van der Waals surface area contributed by atoms with E-state index >= 15 is 0 Å². The Morgan fingerprint density at radius 2 is 1.74 bits per heavy atom. The number of fused-ring (bicyclic) bond motifs is 1. The first kappa shape index (κ1) is 22.8. The van der Waals surface area contributed by atoms with Crippen LogP contribution in [0.4, 0.5) is 18.9 Å². The highest BCUT2D eigenvalue weighted by atomic mass is 19.4. The number of methoxy groups -OCH3 is 1. The molecule has 4 aromatic rings. The molecule has 4 rings (SSSR count). The Labute approximate surface area is 191 Å². The zero-order chi connectivity index (χ0) is 24.5. The number of hydrogen-bond donors (Lipinski definition) is 1. The zero-order valence-corrected chi connectivity index (χ0v) is 18.0. The van der Waals surface area contributed by atoms with Crippen LogP contribution in [0.25, 0.3) is 10.9 Å². The second kappa shape index (κ2) is 8.89. The molecule has 0 radical (unpaired) electrons. The van der Waals surface area contributed by atoms with Crippen molar-refractivity contribution in [2.45, 2.75) is 6.18 Å². The van der Waals surface area contributed by atoms with Crippen molar-refractivity contribution >= 4 is 28.5 Å². The van der Waals surface area contributed by atoms with Gasteiger partial charge in [-0.05, 0) is 54.6 Å². The molecule has 10 heteroatoms. The molecule has 0 aliphatic rings. The molecule has 2 aromatic heterocycles. The number of nitrogens with one attached hydrogen (secondary N) is 1. The van der Waals surface area contributed by atoms with Gasteiger partial charge in [0.25, 0.3) is 5.91 Å². The average Bonchev–Trinajstić information content (AvgIpc) is 3.15. The lowest BCUT2D eigenvalue weighted by Gasteiger charge is -2.09. The first-order chi connectivity index (χ1) is 16.2. The Kier molecular flexibility index (Phi) is 5.97. The number of halogens is 3. The average molecular weight is 469 g/mol. The van der Waals surface area contributed by atoms with Crippen molar-refractivity contribution in [3.63, 3.8) is 0 Å². The molecule has 0 atom stereocenters. The number of aryl methyl sites for hydroxylation is 1. The highest BCUT2D eigenvalue weighted by Gasteiger charge is 2.30. The van der Waals surface area contributed by atoms with Gasteiger partial charge in [0.1, 0.15) is 11.4 Å². The molecule has 0 saturated heterocycles. The zero-order valence-electron chi connectivity index (χ0n) is 18.0. The SMILES string of the molecule is COC(=O)c1cc2cc(Oc3ccc(NC(=O)c4ccc(C(F)(F)F)cc4)cn3)ccc2n1C. The van der Waals surface area contributed by atoms with E-state index < -0.39 is 23.6 Å². The number of carbonyl (C=O) groups is 2. The van der Waals surface area contributed by atoms with E-state index in [0.29, 0.717) is 17.1 Å². The number of alkyl halides is 3. The van der Waals surface area contributed by atoms with E-state index in [-0.39, 0.29) is 11.4 Å². The van der Waals surface area contributed by atoms with Gasteiger partial charge in [0, 0.05) is 29.6 Å². The minimum absolute atomic E-state index is 0.0795. The van der Waals surface area contributed by atoms with E-state index in [1.165, 1.54) is 19.4 Å². The normalized spacial score (nSPS) is 11.3. The molecule has 1 amide bonds. The lowest BCUT2D eigenvalue weighted by molar-refractivity contribution is -0.137. The van der Waals surface area contributed by atoms with Crippen LogP contribution in [0.1, 0.15) is 26.4 Å². The fourth-order valence-corrected chi connectivity index (χ4v) is 3.34. The molecule has 0 fully saturated rings. The number of aromatic nitrogens is 2. The van der Waals surface area contributed by atoms with Crippen molar-refractivity contribution in [1.29, 1.82) is 0 Å². The molecule has 1 N–H and O–H groups in total. The number of rotatable bonds is 5. The van der Waals surface area contributed by atoms with Gasteiger partial charge in [0.2, 0.25) is 5.88 Å². The summed E-state index contributed by atoms with van der Waals surface area (Å²) in [6.07, 6.45) is -3.10. The summed E-state index contributed by atoms with van der Waals surface area (Å²) >= 11 is 0. The number of pyridine rings is 1. The summed E-state index contributed by atoms with van der Waals surface area (Å²) in [5, 5.41) is 3.35. The van der Waals surface area contributed by atoms with Crippen molar-refractivity contribution < 1.29 is 32.2 Å². The molecule has 174 valence electrons. The van der Waals surface area contributed by atoms with Gasteiger partial charge in [0.05, 0.1) is 24.6 Å². The smallest absolute Gasteiger partial charge is 0.416 e. The number of anilines is 1. The van der Waals surface area contributed by atoms with Crippen LogP contribution in [0.3, 0.4) is 0 Å². The monoisotopic (exact) mass is 469 g/mol. The lowest BCUT2D eigenvalue weighted by atomic mass is 10.1. The van der Waals surface area contributed by atoms with Crippen LogP contribution < -0.4 is 10.1 Å². The van der Waals surface area contributed by atoms with E-state index in [1.807, 2.05) is 0 Å². The highest BCUT2D eigenvalue weighted by molar-refractivity contribution is 6.04. The molecule has 2 heterocycles. The molecule has 0 aliphatic carbocycles. The summed E-state index contributed by atoms with van der Waals surface area (Å²) in [6, 6.07) is 14.0. The molecule has 7 nitrogen and oxygen atoms in total. The Morgan fingerprint density at radius 1 is 1.00 bits per heavy atom. The summed E-state index contributed by atoms with van der Waals surface area (Å²) in [7, 11) is 3.07. The van der Waals surface area contributed by atoms with Crippen molar-refractivity contribution in [2.75, 3.05) is 12.4 Å². The van der Waals surface area contributed by atoms with Gasteiger partial charge < -0.3 is 19.4 Å². The fourth-order valence-electron chi connectivity index (χ4n) is 3.34. The number of hydrogen-bond acceptors (Lipinski definition) is 5. The number of amides is 1. The van der Waals surface area contributed by atoms with Gasteiger partial charge in [-0.3, -0.25) is 4.79 Å².